The molecule has 2 aromatic rings. The van der Waals surface area contributed by atoms with E-state index in [1.807, 2.05) is 0 Å². The van der Waals surface area contributed by atoms with Gasteiger partial charge in [0.2, 0.25) is 41.9 Å². The van der Waals surface area contributed by atoms with E-state index in [2.05, 4.69) is 18.9 Å². The summed E-state index contributed by atoms with van der Waals surface area (Å²) in [6.07, 6.45) is 1.12. The van der Waals surface area contributed by atoms with Gasteiger partial charge in [0, 0.05) is 19.1 Å². The van der Waals surface area contributed by atoms with E-state index in [-0.39, 0.29) is 0 Å². The van der Waals surface area contributed by atoms with E-state index in [0.29, 0.717) is 13.0 Å². The molecule has 0 radical (unpaired) electrons. The number of esters is 1. The number of carbonyl (C=O) groups is 1. The highest BCUT2D eigenvalue weighted by Gasteiger charge is 2.36. The maximum absolute atomic E-state index is 14.6. The predicted molar refractivity (Wildman–Crippen MR) is 97.0 cm³/mol. The van der Waals surface area contributed by atoms with Crippen LogP contribution in [0.4, 0.5) is 35.1 Å². The molecule has 2 aliphatic heterocycles. The van der Waals surface area contributed by atoms with Crippen molar-refractivity contribution in [3.63, 3.8) is 0 Å². The lowest BCUT2D eigenvalue weighted by atomic mass is 10.0. The minimum Gasteiger partial charge on any atom is -0.485 e. The van der Waals surface area contributed by atoms with Crippen LogP contribution in [0.5, 0.6) is 11.5 Å². The second-order valence-corrected chi connectivity index (χ2v) is 7.12. The molecule has 1 fully saturated rings. The Morgan fingerprint density at radius 2 is 1.26 bits per heavy atom. The zero-order chi connectivity index (χ0) is 25.4. The fraction of sp³-hybridized carbons (Fsp3) is 0.286. The van der Waals surface area contributed by atoms with Crippen LogP contribution in [0.1, 0.15) is 6.42 Å². The molecule has 2 unspecified atom stereocenters. The van der Waals surface area contributed by atoms with E-state index in [0.717, 1.165) is 6.26 Å². The average Bonchev–Trinajstić information content (AvgIpc) is 2.75. The van der Waals surface area contributed by atoms with Crippen LogP contribution < -0.4 is 9.47 Å². The molecule has 4 rings (SSSR count). The van der Waals surface area contributed by atoms with Crippen molar-refractivity contribution in [2.24, 2.45) is 0 Å². The van der Waals surface area contributed by atoms with Gasteiger partial charge < -0.3 is 23.7 Å². The Bertz CT molecular complexity index is 1160. The lowest BCUT2D eigenvalue weighted by molar-refractivity contribution is -0.160. The summed E-state index contributed by atoms with van der Waals surface area (Å²) in [5.74, 6) is -23.0. The molecule has 2 atom stereocenters. The molecule has 35 heavy (non-hydrogen) atoms. The molecule has 188 valence electrons. The smallest absolute Gasteiger partial charge is 0.354 e. The number of halogens is 8. The van der Waals surface area contributed by atoms with Gasteiger partial charge in [0.15, 0.2) is 29.0 Å². The maximum Gasteiger partial charge on any atom is 0.354 e. The van der Waals surface area contributed by atoms with E-state index < -0.39 is 101 Å². The summed E-state index contributed by atoms with van der Waals surface area (Å²) in [6, 6.07) is 0. The van der Waals surface area contributed by atoms with Crippen molar-refractivity contribution < 1.29 is 63.6 Å². The first-order valence-electron chi connectivity index (χ1n) is 9.71. The first kappa shape index (κ1) is 24.6. The topological polar surface area (TPSA) is 63.2 Å². The minimum absolute atomic E-state index is 0.338. The predicted octanol–water partition coefficient (Wildman–Crippen LogP) is 4.43. The fourth-order valence-corrected chi connectivity index (χ4v) is 3.03. The molecule has 0 amide bonds. The molecule has 0 aliphatic carbocycles. The molecule has 6 nitrogen and oxygen atoms in total. The van der Waals surface area contributed by atoms with E-state index in [4.69, 9.17) is 4.74 Å². The van der Waals surface area contributed by atoms with Gasteiger partial charge in [0.1, 0.15) is 6.61 Å². The van der Waals surface area contributed by atoms with Crippen LogP contribution in [-0.4, -0.2) is 38.2 Å². The van der Waals surface area contributed by atoms with Crippen molar-refractivity contribution in [2.45, 2.75) is 18.6 Å². The van der Waals surface area contributed by atoms with Crippen LogP contribution in [0, 0.1) is 46.5 Å². The van der Waals surface area contributed by atoms with Crippen molar-refractivity contribution in [1.82, 2.24) is 0 Å². The van der Waals surface area contributed by atoms with Gasteiger partial charge in [-0.1, -0.05) is 0 Å². The third kappa shape index (κ3) is 4.33. The molecule has 0 saturated carbocycles. The Morgan fingerprint density at radius 3 is 1.63 bits per heavy atom. The summed E-state index contributed by atoms with van der Waals surface area (Å²) >= 11 is 0. The summed E-state index contributed by atoms with van der Waals surface area (Å²) in [4.78, 5) is 11.4. The average molecular weight is 512 g/mol. The Labute approximate surface area is 190 Å². The van der Waals surface area contributed by atoms with Crippen LogP contribution in [0.15, 0.2) is 12.3 Å². The summed E-state index contributed by atoms with van der Waals surface area (Å²) in [5, 5.41) is 0. The minimum atomic E-state index is -2.44. The normalized spacial score (nSPS) is 18.4. The Morgan fingerprint density at radius 1 is 0.800 bits per heavy atom. The van der Waals surface area contributed by atoms with Crippen molar-refractivity contribution >= 4 is 5.97 Å². The second kappa shape index (κ2) is 9.60. The lowest BCUT2D eigenvalue weighted by Crippen LogP contribution is -2.33. The fourth-order valence-electron chi connectivity index (χ4n) is 3.03. The largest absolute Gasteiger partial charge is 0.485 e. The molecule has 1 saturated heterocycles. The quantitative estimate of drug-likeness (QED) is 0.226. The van der Waals surface area contributed by atoms with Gasteiger partial charge in [-0.25, -0.2) is 22.4 Å². The standard InChI is InChI=1S/C21H12F8O6/c22-11-9(12(23)16(27)19(15(11)26)33-5-7-1-3-31-7)10-13(24)17(28)20(18(29)14(10)25)34-6-35-21(30)8-2-4-32-8/h2,4,7-8H,1,3,5-6H2. The van der Waals surface area contributed by atoms with E-state index in [9.17, 15) is 39.9 Å². The molecule has 0 spiro atoms. The summed E-state index contributed by atoms with van der Waals surface area (Å²) < 4.78 is 139. The van der Waals surface area contributed by atoms with Crippen molar-refractivity contribution in [1.29, 1.82) is 0 Å². The number of hydrogen-bond donors (Lipinski definition) is 0. The summed E-state index contributed by atoms with van der Waals surface area (Å²) in [7, 11) is 0. The molecule has 2 aliphatic rings. The van der Waals surface area contributed by atoms with Crippen molar-refractivity contribution in [3.05, 3.63) is 58.9 Å². The van der Waals surface area contributed by atoms with E-state index in [1.54, 1.807) is 0 Å². The highest BCUT2D eigenvalue weighted by atomic mass is 19.2. The lowest BCUT2D eigenvalue weighted by Gasteiger charge is -2.26. The number of ether oxygens (including phenoxy) is 5. The number of hydrogen-bond acceptors (Lipinski definition) is 6. The monoisotopic (exact) mass is 512 g/mol. The highest BCUT2D eigenvalue weighted by Crippen LogP contribution is 2.41. The van der Waals surface area contributed by atoms with E-state index in [1.165, 1.54) is 6.08 Å². The Balaban J connectivity index is 1.66. The molecular weight excluding hydrogens is 500 g/mol. The van der Waals surface area contributed by atoms with Crippen molar-refractivity contribution in [3.8, 4) is 22.6 Å². The van der Waals surface area contributed by atoms with Crippen LogP contribution in [0.25, 0.3) is 11.1 Å². The van der Waals surface area contributed by atoms with Gasteiger partial charge in [0.05, 0.1) is 23.5 Å². The summed E-state index contributed by atoms with van der Waals surface area (Å²) in [6.45, 7) is -1.39. The van der Waals surface area contributed by atoms with Crippen molar-refractivity contribution in [2.75, 3.05) is 20.0 Å². The molecule has 2 heterocycles. The molecule has 0 aromatic heterocycles. The zero-order valence-corrected chi connectivity index (χ0v) is 17.1. The maximum atomic E-state index is 14.6. The Kier molecular flexibility index (Phi) is 6.74. The third-order valence-electron chi connectivity index (χ3n) is 5.02. The van der Waals surface area contributed by atoms with Gasteiger partial charge in [-0.05, 0) is 0 Å². The summed E-state index contributed by atoms with van der Waals surface area (Å²) in [5.41, 5.74) is -4.15. The SMILES string of the molecule is O=C(OCOc1c(F)c(F)c(-c2c(F)c(F)c(OCC3CCO3)c(F)c2F)c(F)c1F)C1C=CO1. The number of benzene rings is 2. The van der Waals surface area contributed by atoms with Crippen LogP contribution in [-0.2, 0) is 19.0 Å². The van der Waals surface area contributed by atoms with Gasteiger partial charge in [-0.15, -0.1) is 0 Å². The third-order valence-corrected chi connectivity index (χ3v) is 5.02. The first-order chi connectivity index (χ1) is 16.6. The van der Waals surface area contributed by atoms with Gasteiger partial charge in [-0.3, -0.25) is 0 Å². The van der Waals surface area contributed by atoms with Gasteiger partial charge >= 0.3 is 5.97 Å². The van der Waals surface area contributed by atoms with Gasteiger partial charge in [-0.2, -0.15) is 17.6 Å². The van der Waals surface area contributed by atoms with E-state index >= 15 is 0 Å². The molecule has 0 bridgehead atoms. The van der Waals surface area contributed by atoms with Gasteiger partial charge in [0.25, 0.3) is 0 Å². The molecule has 14 heteroatoms. The molecule has 2 aromatic carbocycles. The number of rotatable bonds is 8. The zero-order valence-electron chi connectivity index (χ0n) is 17.1. The van der Waals surface area contributed by atoms with Crippen LogP contribution >= 0.6 is 0 Å². The highest BCUT2D eigenvalue weighted by molar-refractivity contribution is 5.78. The second-order valence-electron chi connectivity index (χ2n) is 7.12. The molecular formula is C21H12F8O6. The van der Waals surface area contributed by atoms with Crippen LogP contribution in [0.2, 0.25) is 0 Å². The first-order valence-corrected chi connectivity index (χ1v) is 9.71. The Hall–Kier alpha value is -3.55. The van der Waals surface area contributed by atoms with Crippen LogP contribution in [0.3, 0.4) is 0 Å². The molecule has 0 N–H and O–H groups in total. The number of carbonyl (C=O) groups excluding carboxylic acids is 1.